The normalized spacial score (nSPS) is 15.3. The number of hydrogen-bond donors (Lipinski definition) is 3. The zero-order valence-corrected chi connectivity index (χ0v) is 20.9. The number of ether oxygens (including phenoxy) is 2. The van der Waals surface area contributed by atoms with Crippen molar-refractivity contribution >= 4 is 18.0 Å². The maximum Gasteiger partial charge on any atom is 0.408 e. The first kappa shape index (κ1) is 26.2. The molecule has 188 valence electrons. The Morgan fingerprint density at radius 2 is 1.54 bits per heavy atom. The van der Waals surface area contributed by atoms with E-state index >= 15 is 0 Å². The molecule has 0 saturated carbocycles. The number of alkyl carbamates (subject to hydrolysis) is 1. The van der Waals surface area contributed by atoms with E-state index in [1.165, 1.54) is 7.11 Å². The van der Waals surface area contributed by atoms with E-state index in [1.807, 2.05) is 48.5 Å². The number of hydrogen-bond acceptors (Lipinski definition) is 5. The summed E-state index contributed by atoms with van der Waals surface area (Å²) in [5, 5.41) is 14.8. The van der Waals surface area contributed by atoms with E-state index < -0.39 is 35.0 Å². The summed E-state index contributed by atoms with van der Waals surface area (Å²) >= 11 is 0. The van der Waals surface area contributed by atoms with E-state index in [4.69, 9.17) is 9.47 Å². The van der Waals surface area contributed by atoms with E-state index in [9.17, 15) is 19.5 Å². The lowest BCUT2D eigenvalue weighted by Gasteiger charge is -2.35. The predicted octanol–water partition coefficient (Wildman–Crippen LogP) is 3.94. The zero-order chi connectivity index (χ0) is 25.8. The Balaban J connectivity index is 1.76. The summed E-state index contributed by atoms with van der Waals surface area (Å²) in [6.07, 6.45) is -0.601. The highest BCUT2D eigenvalue weighted by molar-refractivity contribution is 5.93. The molecule has 1 aliphatic carbocycles. The van der Waals surface area contributed by atoms with Gasteiger partial charge in [-0.05, 0) is 34.1 Å². The maximum absolute atomic E-state index is 13.2. The Morgan fingerprint density at radius 3 is 2.00 bits per heavy atom. The van der Waals surface area contributed by atoms with Gasteiger partial charge in [-0.15, -0.1) is 0 Å². The van der Waals surface area contributed by atoms with Gasteiger partial charge in [-0.1, -0.05) is 76.2 Å². The van der Waals surface area contributed by atoms with E-state index in [0.29, 0.717) is 0 Å². The van der Waals surface area contributed by atoms with Crippen molar-refractivity contribution in [3.63, 3.8) is 0 Å². The Hall–Kier alpha value is -3.39. The minimum Gasteiger partial charge on any atom is -0.480 e. The maximum atomic E-state index is 13.2. The molecule has 2 aromatic carbocycles. The molecule has 0 fully saturated rings. The lowest BCUT2D eigenvalue weighted by molar-refractivity contribution is -0.146. The van der Waals surface area contributed by atoms with Crippen LogP contribution in [0.2, 0.25) is 0 Å². The first-order valence-electron chi connectivity index (χ1n) is 11.7. The monoisotopic (exact) mass is 482 g/mol. The van der Waals surface area contributed by atoms with Gasteiger partial charge in [-0.25, -0.2) is 9.59 Å². The number of carboxylic acid groups (broad SMARTS) is 1. The van der Waals surface area contributed by atoms with Crippen molar-refractivity contribution in [2.45, 2.75) is 51.6 Å². The molecular formula is C27H34N2O6. The molecule has 2 atom stereocenters. The van der Waals surface area contributed by atoms with Gasteiger partial charge in [0.2, 0.25) is 5.91 Å². The standard InChI is InChI=1S/C27H34N2O6/c1-6-27(16-34-5,24(32)28-22(23(30)31)26(2,3)4)29-25(33)35-15-21-19-13-9-7-11-17(19)18-12-8-10-14-20(18)21/h7-14,21-22H,6,15-16H2,1-5H3,(H,28,32)(H,29,33)(H,30,31)/t22-,27?/m1/s1. The zero-order valence-electron chi connectivity index (χ0n) is 20.9. The lowest BCUT2D eigenvalue weighted by Crippen LogP contribution is -2.64. The Kier molecular flexibility index (Phi) is 7.85. The highest BCUT2D eigenvalue weighted by Crippen LogP contribution is 2.44. The van der Waals surface area contributed by atoms with Crippen molar-refractivity contribution in [3.05, 3.63) is 59.7 Å². The van der Waals surface area contributed by atoms with Crippen LogP contribution >= 0.6 is 0 Å². The van der Waals surface area contributed by atoms with Crippen LogP contribution in [0, 0.1) is 5.41 Å². The summed E-state index contributed by atoms with van der Waals surface area (Å²) < 4.78 is 10.9. The second-order valence-electron chi connectivity index (χ2n) is 9.93. The topological polar surface area (TPSA) is 114 Å². The number of methoxy groups -OCH3 is 1. The lowest BCUT2D eigenvalue weighted by atomic mass is 9.85. The number of carbonyl (C=O) groups is 3. The van der Waals surface area contributed by atoms with Gasteiger partial charge >= 0.3 is 12.1 Å². The first-order valence-corrected chi connectivity index (χ1v) is 11.7. The van der Waals surface area contributed by atoms with E-state index in [-0.39, 0.29) is 25.6 Å². The number of rotatable bonds is 9. The molecule has 0 aliphatic heterocycles. The van der Waals surface area contributed by atoms with Crippen LogP contribution in [0.5, 0.6) is 0 Å². The summed E-state index contributed by atoms with van der Waals surface area (Å²) in [7, 11) is 1.41. The van der Waals surface area contributed by atoms with Crippen LogP contribution in [0.25, 0.3) is 11.1 Å². The largest absolute Gasteiger partial charge is 0.480 e. The van der Waals surface area contributed by atoms with Gasteiger partial charge in [0.15, 0.2) is 0 Å². The third kappa shape index (κ3) is 5.48. The van der Waals surface area contributed by atoms with Crippen molar-refractivity contribution in [1.29, 1.82) is 0 Å². The number of fused-ring (bicyclic) bond motifs is 3. The van der Waals surface area contributed by atoms with Crippen molar-refractivity contribution in [1.82, 2.24) is 10.6 Å². The molecule has 35 heavy (non-hydrogen) atoms. The third-order valence-corrected chi connectivity index (χ3v) is 6.50. The Bertz CT molecular complexity index is 1050. The van der Waals surface area contributed by atoms with Crippen LogP contribution in [0.4, 0.5) is 4.79 Å². The molecule has 0 saturated heterocycles. The quantitative estimate of drug-likeness (QED) is 0.499. The fourth-order valence-corrected chi connectivity index (χ4v) is 4.50. The number of carboxylic acids is 1. The molecule has 1 unspecified atom stereocenters. The molecule has 0 spiro atoms. The number of nitrogens with one attached hydrogen (secondary N) is 2. The van der Waals surface area contributed by atoms with Gasteiger partial charge in [-0.2, -0.15) is 0 Å². The van der Waals surface area contributed by atoms with Crippen molar-refractivity contribution < 1.29 is 29.0 Å². The summed E-state index contributed by atoms with van der Waals surface area (Å²) in [5.74, 6) is -1.93. The smallest absolute Gasteiger partial charge is 0.408 e. The van der Waals surface area contributed by atoms with Gasteiger partial charge in [0.1, 0.15) is 18.2 Å². The number of aliphatic carboxylic acids is 1. The van der Waals surface area contributed by atoms with E-state index in [2.05, 4.69) is 10.6 Å². The molecule has 1 aliphatic rings. The molecule has 8 nitrogen and oxygen atoms in total. The summed E-state index contributed by atoms with van der Waals surface area (Å²) in [4.78, 5) is 37.9. The summed E-state index contributed by atoms with van der Waals surface area (Å²) in [6.45, 7) is 6.82. The SMILES string of the molecule is CCC(COC)(NC(=O)OCC1c2ccccc2-c2ccccc21)C(=O)N[C@H](C(=O)O)C(C)(C)C. The van der Waals surface area contributed by atoms with Crippen molar-refractivity contribution in [2.24, 2.45) is 5.41 Å². The molecule has 2 amide bonds. The summed E-state index contributed by atoms with van der Waals surface area (Å²) in [5.41, 5.74) is 2.15. The highest BCUT2D eigenvalue weighted by Gasteiger charge is 2.43. The van der Waals surface area contributed by atoms with Crippen molar-refractivity contribution in [3.8, 4) is 11.1 Å². The van der Waals surface area contributed by atoms with Crippen LogP contribution < -0.4 is 10.6 Å². The molecule has 3 rings (SSSR count). The molecule has 3 N–H and O–H groups in total. The van der Waals surface area contributed by atoms with Crippen LogP contribution in [-0.2, 0) is 19.1 Å². The van der Waals surface area contributed by atoms with Crippen LogP contribution in [0.3, 0.4) is 0 Å². The van der Waals surface area contributed by atoms with Crippen LogP contribution in [-0.4, -0.2) is 55.0 Å². The number of carbonyl (C=O) groups excluding carboxylic acids is 2. The first-order chi connectivity index (χ1) is 16.5. The van der Waals surface area contributed by atoms with Gasteiger partial charge in [0, 0.05) is 13.0 Å². The minimum atomic E-state index is -1.49. The molecule has 0 radical (unpaired) electrons. The van der Waals surface area contributed by atoms with Gasteiger partial charge in [-0.3, -0.25) is 4.79 Å². The van der Waals surface area contributed by atoms with Crippen LogP contribution in [0.1, 0.15) is 51.2 Å². The third-order valence-electron chi connectivity index (χ3n) is 6.50. The summed E-state index contributed by atoms with van der Waals surface area (Å²) in [6, 6.07) is 14.9. The Labute approximate surface area is 206 Å². The molecule has 0 aromatic heterocycles. The van der Waals surface area contributed by atoms with Crippen molar-refractivity contribution in [2.75, 3.05) is 20.3 Å². The van der Waals surface area contributed by atoms with Gasteiger partial charge in [0.25, 0.3) is 0 Å². The molecule has 0 bridgehead atoms. The molecule has 2 aromatic rings. The van der Waals surface area contributed by atoms with E-state index in [0.717, 1.165) is 22.3 Å². The molecular weight excluding hydrogens is 448 g/mol. The average Bonchev–Trinajstić information content (AvgIpc) is 3.13. The highest BCUT2D eigenvalue weighted by atomic mass is 16.5. The Morgan fingerprint density at radius 1 is 1.00 bits per heavy atom. The molecule has 0 heterocycles. The van der Waals surface area contributed by atoms with E-state index in [1.54, 1.807) is 27.7 Å². The fraction of sp³-hybridized carbons (Fsp3) is 0.444. The second-order valence-corrected chi connectivity index (χ2v) is 9.93. The minimum absolute atomic E-state index is 0.0913. The molecule has 8 heteroatoms. The van der Waals surface area contributed by atoms with Crippen LogP contribution in [0.15, 0.2) is 48.5 Å². The number of amides is 2. The second kappa shape index (κ2) is 10.5. The fourth-order valence-electron chi connectivity index (χ4n) is 4.50. The van der Waals surface area contributed by atoms with Gasteiger partial charge in [0.05, 0.1) is 6.61 Å². The number of benzene rings is 2. The van der Waals surface area contributed by atoms with Gasteiger partial charge < -0.3 is 25.2 Å². The average molecular weight is 483 g/mol. The predicted molar refractivity (Wildman–Crippen MR) is 132 cm³/mol.